The zero-order valence-corrected chi connectivity index (χ0v) is 9.98. The average molecular weight is 226 g/mol. The Hall–Kier alpha value is -0.610. The molecule has 1 aromatic rings. The second-order valence-electron chi connectivity index (χ2n) is 4.01. The Morgan fingerprint density at radius 3 is 3.20 bits per heavy atom. The first-order valence-corrected chi connectivity index (χ1v) is 6.10. The molecule has 0 aliphatic carbocycles. The van der Waals surface area contributed by atoms with Gasteiger partial charge in [0.05, 0.1) is 6.10 Å². The van der Waals surface area contributed by atoms with Crippen molar-refractivity contribution in [3.8, 4) is 0 Å². The summed E-state index contributed by atoms with van der Waals surface area (Å²) in [4.78, 5) is 3.10. The predicted octanol–water partition coefficient (Wildman–Crippen LogP) is 2.68. The summed E-state index contributed by atoms with van der Waals surface area (Å²) in [5.74, 6) is 0. The maximum absolute atomic E-state index is 5.61. The zero-order chi connectivity index (χ0) is 10.7. The Kier molecular flexibility index (Phi) is 3.59. The molecule has 2 rings (SSSR count). The van der Waals surface area contributed by atoms with Crippen molar-refractivity contribution in [2.24, 2.45) is 0 Å². The van der Waals surface area contributed by atoms with Crippen LogP contribution in [-0.2, 0) is 17.7 Å². The van der Waals surface area contributed by atoms with E-state index in [1.165, 1.54) is 18.5 Å². The van der Waals surface area contributed by atoms with Gasteiger partial charge in [-0.2, -0.15) is 0 Å². The van der Waals surface area contributed by atoms with Gasteiger partial charge in [-0.3, -0.25) is 0 Å². The highest BCUT2D eigenvalue weighted by molar-refractivity contribution is 7.71. The number of aryl methyl sites for hydroxylation is 1. The van der Waals surface area contributed by atoms with Gasteiger partial charge in [0.25, 0.3) is 0 Å². The van der Waals surface area contributed by atoms with Crippen LogP contribution in [0.3, 0.4) is 0 Å². The molecule has 2 heterocycles. The van der Waals surface area contributed by atoms with E-state index < -0.39 is 0 Å². The number of aromatic nitrogens is 2. The monoisotopic (exact) mass is 226 g/mol. The largest absolute Gasteiger partial charge is 0.378 e. The van der Waals surface area contributed by atoms with Gasteiger partial charge < -0.3 is 14.3 Å². The van der Waals surface area contributed by atoms with E-state index in [-0.39, 0.29) is 0 Å². The molecule has 4 heteroatoms. The van der Waals surface area contributed by atoms with E-state index in [0.717, 1.165) is 30.8 Å². The molecule has 1 aliphatic heterocycles. The number of ether oxygens (including phenoxy) is 1. The average Bonchev–Trinajstić information content (AvgIpc) is 2.84. The Morgan fingerprint density at radius 1 is 1.67 bits per heavy atom. The molecule has 0 aromatic carbocycles. The molecule has 1 aliphatic rings. The Morgan fingerprint density at radius 2 is 2.53 bits per heavy atom. The molecular formula is C11H18N2OS. The third kappa shape index (κ3) is 2.49. The lowest BCUT2D eigenvalue weighted by Gasteiger charge is -2.11. The van der Waals surface area contributed by atoms with E-state index in [9.17, 15) is 0 Å². The van der Waals surface area contributed by atoms with Crippen LogP contribution in [0, 0.1) is 4.77 Å². The van der Waals surface area contributed by atoms with Crippen LogP contribution in [-0.4, -0.2) is 22.3 Å². The Labute approximate surface area is 95.5 Å². The highest BCUT2D eigenvalue weighted by Crippen LogP contribution is 2.16. The summed E-state index contributed by atoms with van der Waals surface area (Å²) in [6.45, 7) is 4.07. The fourth-order valence-corrected chi connectivity index (χ4v) is 2.38. The predicted molar refractivity (Wildman–Crippen MR) is 62.6 cm³/mol. The smallest absolute Gasteiger partial charge is 0.177 e. The number of nitrogens with zero attached hydrogens (tertiary/aromatic N) is 1. The molecule has 1 fully saturated rings. The van der Waals surface area contributed by atoms with Crippen LogP contribution in [0.5, 0.6) is 0 Å². The summed E-state index contributed by atoms with van der Waals surface area (Å²) in [6, 6.07) is 0. The van der Waals surface area contributed by atoms with Crippen LogP contribution in [0.15, 0.2) is 6.20 Å². The molecule has 1 aromatic heterocycles. The van der Waals surface area contributed by atoms with Gasteiger partial charge in [-0.05, 0) is 37.9 Å². The molecule has 0 spiro atoms. The van der Waals surface area contributed by atoms with Crippen molar-refractivity contribution in [2.75, 3.05) is 6.61 Å². The topological polar surface area (TPSA) is 29.9 Å². The van der Waals surface area contributed by atoms with Crippen LogP contribution in [0.2, 0.25) is 0 Å². The number of hydrogen-bond donors (Lipinski definition) is 1. The Bertz CT molecular complexity index is 363. The van der Waals surface area contributed by atoms with Crippen molar-refractivity contribution in [1.82, 2.24) is 9.55 Å². The summed E-state index contributed by atoms with van der Waals surface area (Å²) in [6.07, 6.45) is 6.99. The fraction of sp³-hybridized carbons (Fsp3) is 0.727. The molecule has 1 N–H and O–H groups in total. The minimum atomic E-state index is 0.450. The summed E-state index contributed by atoms with van der Waals surface area (Å²) >= 11 is 5.25. The molecule has 1 atom stereocenters. The first kappa shape index (κ1) is 10.9. The van der Waals surface area contributed by atoms with E-state index in [1.807, 2.05) is 6.20 Å². The third-order valence-corrected chi connectivity index (χ3v) is 3.35. The van der Waals surface area contributed by atoms with Crippen molar-refractivity contribution >= 4 is 12.2 Å². The summed E-state index contributed by atoms with van der Waals surface area (Å²) in [5, 5.41) is 0. The van der Waals surface area contributed by atoms with Gasteiger partial charge >= 0.3 is 0 Å². The van der Waals surface area contributed by atoms with Crippen LogP contribution < -0.4 is 0 Å². The van der Waals surface area contributed by atoms with Gasteiger partial charge in [-0.15, -0.1) is 0 Å². The van der Waals surface area contributed by atoms with Crippen LogP contribution >= 0.6 is 12.2 Å². The molecule has 0 saturated carbocycles. The standard InChI is InChI=1S/C11H18N2OS/c1-2-9-8-12-11(15)13(9)6-5-10-4-3-7-14-10/h8,10H,2-7H2,1H3,(H,12,15). The fourth-order valence-electron chi connectivity index (χ4n) is 2.11. The highest BCUT2D eigenvalue weighted by atomic mass is 32.1. The van der Waals surface area contributed by atoms with Gasteiger partial charge in [0, 0.05) is 25.0 Å². The van der Waals surface area contributed by atoms with Crippen molar-refractivity contribution < 1.29 is 4.74 Å². The van der Waals surface area contributed by atoms with Gasteiger partial charge in [-0.25, -0.2) is 0 Å². The minimum absolute atomic E-state index is 0.450. The van der Waals surface area contributed by atoms with Crippen LogP contribution in [0.25, 0.3) is 0 Å². The normalized spacial score (nSPS) is 21.0. The number of aromatic amines is 1. The zero-order valence-electron chi connectivity index (χ0n) is 9.16. The SMILES string of the molecule is CCc1c[nH]c(=S)n1CCC1CCCO1. The first-order chi connectivity index (χ1) is 7.31. The van der Waals surface area contributed by atoms with Gasteiger partial charge in [-0.1, -0.05) is 6.92 Å². The second kappa shape index (κ2) is 4.94. The minimum Gasteiger partial charge on any atom is -0.378 e. The van der Waals surface area contributed by atoms with Crippen molar-refractivity contribution in [1.29, 1.82) is 0 Å². The van der Waals surface area contributed by atoms with Crippen molar-refractivity contribution in [3.05, 3.63) is 16.7 Å². The molecule has 0 bridgehead atoms. The number of nitrogens with one attached hydrogen (secondary N) is 1. The molecule has 84 valence electrons. The molecule has 0 radical (unpaired) electrons. The lowest BCUT2D eigenvalue weighted by Crippen LogP contribution is -2.11. The molecule has 3 nitrogen and oxygen atoms in total. The number of imidazole rings is 1. The van der Waals surface area contributed by atoms with Gasteiger partial charge in [0.1, 0.15) is 0 Å². The molecule has 0 amide bonds. The number of H-pyrrole nitrogens is 1. The van der Waals surface area contributed by atoms with Crippen molar-refractivity contribution in [2.45, 2.75) is 45.3 Å². The second-order valence-corrected chi connectivity index (χ2v) is 4.40. The molecule has 1 saturated heterocycles. The van der Waals surface area contributed by atoms with E-state index in [2.05, 4.69) is 16.5 Å². The maximum atomic E-state index is 5.61. The van der Waals surface area contributed by atoms with Crippen molar-refractivity contribution in [3.63, 3.8) is 0 Å². The lowest BCUT2D eigenvalue weighted by molar-refractivity contribution is 0.100. The van der Waals surface area contributed by atoms with Crippen LogP contribution in [0.1, 0.15) is 31.9 Å². The van der Waals surface area contributed by atoms with Gasteiger partial charge in [0.2, 0.25) is 0 Å². The maximum Gasteiger partial charge on any atom is 0.177 e. The summed E-state index contributed by atoms with van der Waals surface area (Å²) in [7, 11) is 0. The highest BCUT2D eigenvalue weighted by Gasteiger charge is 2.15. The van der Waals surface area contributed by atoms with Gasteiger partial charge in [0.15, 0.2) is 4.77 Å². The molecule has 15 heavy (non-hydrogen) atoms. The van der Waals surface area contributed by atoms with E-state index in [1.54, 1.807) is 0 Å². The lowest BCUT2D eigenvalue weighted by atomic mass is 10.2. The molecule has 1 unspecified atom stereocenters. The third-order valence-electron chi connectivity index (χ3n) is 3.02. The first-order valence-electron chi connectivity index (χ1n) is 5.70. The van der Waals surface area contributed by atoms with E-state index in [4.69, 9.17) is 17.0 Å². The quantitative estimate of drug-likeness (QED) is 0.800. The number of hydrogen-bond acceptors (Lipinski definition) is 2. The summed E-state index contributed by atoms with van der Waals surface area (Å²) in [5.41, 5.74) is 1.29. The Balaban J connectivity index is 1.97. The molecular weight excluding hydrogens is 208 g/mol. The van der Waals surface area contributed by atoms with E-state index in [0.29, 0.717) is 6.10 Å². The van der Waals surface area contributed by atoms with E-state index >= 15 is 0 Å². The number of rotatable bonds is 4. The van der Waals surface area contributed by atoms with Crippen LogP contribution in [0.4, 0.5) is 0 Å². The summed E-state index contributed by atoms with van der Waals surface area (Å²) < 4.78 is 8.64.